The molecule has 0 spiro atoms. The predicted molar refractivity (Wildman–Crippen MR) is 71.4 cm³/mol. The van der Waals surface area contributed by atoms with E-state index < -0.39 is 0 Å². The first-order valence-corrected chi connectivity index (χ1v) is 6.63. The Morgan fingerprint density at radius 3 is 2.37 bits per heavy atom. The fraction of sp³-hybridized carbons (Fsp3) is 0.467. The zero-order chi connectivity index (χ0) is 13.9. The molecular weight excluding hydrogens is 236 g/mol. The first-order valence-electron chi connectivity index (χ1n) is 6.63. The van der Waals surface area contributed by atoms with Crippen molar-refractivity contribution in [3.8, 4) is 12.1 Å². The summed E-state index contributed by atoms with van der Waals surface area (Å²) in [6.07, 6.45) is 12.5. The Bertz CT molecular complexity index is 475. The van der Waals surface area contributed by atoms with Gasteiger partial charge < -0.3 is 0 Å². The van der Waals surface area contributed by atoms with E-state index in [9.17, 15) is 0 Å². The van der Waals surface area contributed by atoms with Crippen molar-refractivity contribution in [1.29, 1.82) is 10.5 Å². The molecule has 0 saturated carbocycles. The molecule has 1 aromatic rings. The van der Waals surface area contributed by atoms with Gasteiger partial charge in [-0.25, -0.2) is 0 Å². The standard InChI is InChI=1S/C15H19N4/c1-2-3-4-5-6-14(15(11-16)12-17)13-19-9-7-18-8-10-19/h7-10H,2-6,13H2,1H3/q+1. The molecule has 0 amide bonds. The quantitative estimate of drug-likeness (QED) is 0.427. The number of hydrogen-bond donors (Lipinski definition) is 0. The maximum absolute atomic E-state index is 9.03. The third kappa shape index (κ3) is 5.31. The van der Waals surface area contributed by atoms with Crippen molar-refractivity contribution in [3.63, 3.8) is 0 Å². The summed E-state index contributed by atoms with van der Waals surface area (Å²) in [6, 6.07) is 4.01. The first kappa shape index (κ1) is 14.9. The Morgan fingerprint density at radius 1 is 1.11 bits per heavy atom. The van der Waals surface area contributed by atoms with Crippen LogP contribution in [0, 0.1) is 22.7 Å². The van der Waals surface area contributed by atoms with Crippen LogP contribution in [0.2, 0.25) is 0 Å². The van der Waals surface area contributed by atoms with Crippen LogP contribution in [-0.2, 0) is 6.54 Å². The molecule has 0 unspecified atom stereocenters. The van der Waals surface area contributed by atoms with Gasteiger partial charge in [0.05, 0.1) is 12.4 Å². The van der Waals surface area contributed by atoms with E-state index in [2.05, 4.69) is 11.9 Å². The number of allylic oxidation sites excluding steroid dienone is 2. The summed E-state index contributed by atoms with van der Waals surface area (Å²) < 4.78 is 1.94. The summed E-state index contributed by atoms with van der Waals surface area (Å²) in [5.41, 5.74) is 1.16. The molecule has 0 atom stereocenters. The van der Waals surface area contributed by atoms with Gasteiger partial charge in [-0.2, -0.15) is 15.1 Å². The van der Waals surface area contributed by atoms with Gasteiger partial charge in [0.2, 0.25) is 0 Å². The summed E-state index contributed by atoms with van der Waals surface area (Å²) in [4.78, 5) is 3.96. The van der Waals surface area contributed by atoms with Gasteiger partial charge in [0.1, 0.15) is 17.7 Å². The minimum absolute atomic E-state index is 0.251. The summed E-state index contributed by atoms with van der Waals surface area (Å²) in [5.74, 6) is 0. The average molecular weight is 255 g/mol. The predicted octanol–water partition coefficient (Wildman–Crippen LogP) is 2.68. The highest BCUT2D eigenvalue weighted by molar-refractivity contribution is 5.39. The first-order chi connectivity index (χ1) is 9.31. The minimum Gasteiger partial charge on any atom is -0.252 e. The maximum Gasteiger partial charge on any atom is 0.187 e. The number of aromatic nitrogens is 2. The lowest BCUT2D eigenvalue weighted by Crippen LogP contribution is -2.34. The Balaban J connectivity index is 2.75. The fourth-order valence-electron chi connectivity index (χ4n) is 1.90. The highest BCUT2D eigenvalue weighted by Gasteiger charge is 2.11. The summed E-state index contributed by atoms with van der Waals surface area (Å²) in [5, 5.41) is 18.1. The van der Waals surface area contributed by atoms with Crippen molar-refractivity contribution in [1.82, 2.24) is 4.98 Å². The van der Waals surface area contributed by atoms with Gasteiger partial charge in [0, 0.05) is 5.57 Å². The normalized spacial score (nSPS) is 9.42. The summed E-state index contributed by atoms with van der Waals surface area (Å²) in [6.45, 7) is 2.75. The van der Waals surface area contributed by atoms with Crippen molar-refractivity contribution < 1.29 is 4.57 Å². The highest BCUT2D eigenvalue weighted by Crippen LogP contribution is 2.14. The van der Waals surface area contributed by atoms with Gasteiger partial charge in [-0.15, -0.1) is 0 Å². The zero-order valence-electron chi connectivity index (χ0n) is 11.3. The Kier molecular flexibility index (Phi) is 6.90. The van der Waals surface area contributed by atoms with E-state index in [1.807, 2.05) is 29.1 Å². The van der Waals surface area contributed by atoms with Crippen molar-refractivity contribution in [2.45, 2.75) is 45.6 Å². The number of nitrogens with zero attached hydrogens (tertiary/aromatic N) is 4. The van der Waals surface area contributed by atoms with Crippen LogP contribution in [0.1, 0.15) is 39.0 Å². The number of rotatable bonds is 7. The number of nitriles is 2. The van der Waals surface area contributed by atoms with Crippen molar-refractivity contribution >= 4 is 0 Å². The molecule has 1 aromatic heterocycles. The van der Waals surface area contributed by atoms with Crippen LogP contribution in [0.5, 0.6) is 0 Å². The maximum atomic E-state index is 9.03. The van der Waals surface area contributed by atoms with Gasteiger partial charge >= 0.3 is 0 Å². The van der Waals surface area contributed by atoms with E-state index in [0.717, 1.165) is 24.8 Å². The van der Waals surface area contributed by atoms with Gasteiger partial charge in [0.15, 0.2) is 18.9 Å². The Hall–Kier alpha value is -2.20. The van der Waals surface area contributed by atoms with Gasteiger partial charge in [0.25, 0.3) is 0 Å². The smallest absolute Gasteiger partial charge is 0.187 e. The molecule has 0 aliphatic rings. The van der Waals surface area contributed by atoms with Crippen LogP contribution < -0.4 is 4.57 Å². The monoisotopic (exact) mass is 255 g/mol. The van der Waals surface area contributed by atoms with Crippen LogP contribution in [0.15, 0.2) is 35.9 Å². The second kappa shape index (κ2) is 8.83. The zero-order valence-corrected chi connectivity index (χ0v) is 11.3. The van der Waals surface area contributed by atoms with Crippen LogP contribution >= 0.6 is 0 Å². The van der Waals surface area contributed by atoms with E-state index in [1.54, 1.807) is 12.4 Å². The van der Waals surface area contributed by atoms with Gasteiger partial charge in [-0.3, -0.25) is 4.98 Å². The fourth-order valence-corrected chi connectivity index (χ4v) is 1.90. The molecule has 4 heteroatoms. The largest absolute Gasteiger partial charge is 0.252 e. The molecule has 0 bridgehead atoms. The lowest BCUT2D eigenvalue weighted by Gasteiger charge is -2.04. The van der Waals surface area contributed by atoms with E-state index in [0.29, 0.717) is 6.54 Å². The van der Waals surface area contributed by atoms with Crippen molar-refractivity contribution in [3.05, 3.63) is 35.9 Å². The second-order valence-corrected chi connectivity index (χ2v) is 4.43. The van der Waals surface area contributed by atoms with E-state index in [1.165, 1.54) is 12.8 Å². The molecule has 0 aliphatic carbocycles. The number of unbranched alkanes of at least 4 members (excludes halogenated alkanes) is 3. The molecule has 0 N–H and O–H groups in total. The molecular formula is C15H19N4+. The lowest BCUT2D eigenvalue weighted by molar-refractivity contribution is -0.689. The Morgan fingerprint density at radius 2 is 1.79 bits per heavy atom. The van der Waals surface area contributed by atoms with Crippen LogP contribution in [-0.4, -0.2) is 4.98 Å². The molecule has 0 aliphatic heterocycles. The van der Waals surface area contributed by atoms with Gasteiger partial charge in [-0.05, 0) is 12.8 Å². The van der Waals surface area contributed by atoms with Crippen LogP contribution in [0.3, 0.4) is 0 Å². The molecule has 0 saturated heterocycles. The average Bonchev–Trinajstić information content (AvgIpc) is 2.45. The molecule has 0 fully saturated rings. The van der Waals surface area contributed by atoms with Crippen molar-refractivity contribution in [2.24, 2.45) is 0 Å². The lowest BCUT2D eigenvalue weighted by atomic mass is 10.0. The van der Waals surface area contributed by atoms with Crippen molar-refractivity contribution in [2.75, 3.05) is 0 Å². The molecule has 1 rings (SSSR count). The second-order valence-electron chi connectivity index (χ2n) is 4.43. The van der Waals surface area contributed by atoms with Crippen LogP contribution in [0.25, 0.3) is 0 Å². The van der Waals surface area contributed by atoms with E-state index >= 15 is 0 Å². The summed E-state index contributed by atoms with van der Waals surface area (Å²) >= 11 is 0. The topological polar surface area (TPSA) is 64.3 Å². The summed E-state index contributed by atoms with van der Waals surface area (Å²) in [7, 11) is 0. The van der Waals surface area contributed by atoms with Crippen LogP contribution in [0.4, 0.5) is 0 Å². The molecule has 4 nitrogen and oxygen atoms in total. The molecule has 0 radical (unpaired) electrons. The van der Waals surface area contributed by atoms with Gasteiger partial charge in [-0.1, -0.05) is 26.2 Å². The SMILES string of the molecule is CCCCCCC(C[n+]1ccncc1)=C(C#N)C#N. The molecule has 98 valence electrons. The van der Waals surface area contributed by atoms with E-state index in [4.69, 9.17) is 10.5 Å². The van der Waals surface area contributed by atoms with E-state index in [-0.39, 0.29) is 5.57 Å². The minimum atomic E-state index is 0.251. The highest BCUT2D eigenvalue weighted by atomic mass is 14.9. The molecule has 0 aromatic carbocycles. The third-order valence-electron chi connectivity index (χ3n) is 2.97. The Labute approximate surface area is 114 Å². The number of hydrogen-bond acceptors (Lipinski definition) is 3. The molecule has 19 heavy (non-hydrogen) atoms. The molecule has 1 heterocycles. The third-order valence-corrected chi connectivity index (χ3v) is 2.97.